The van der Waals surface area contributed by atoms with Crippen LogP contribution in [0.15, 0.2) is 30.3 Å². The number of hydrogen-bond donors (Lipinski definition) is 1. The number of hydrogen-bond acceptors (Lipinski definition) is 5. The molecule has 25 heavy (non-hydrogen) atoms. The van der Waals surface area contributed by atoms with Gasteiger partial charge in [-0.15, -0.1) is 0 Å². The molecule has 1 aromatic heterocycles. The topological polar surface area (TPSA) is 81.9 Å². The Morgan fingerprint density at radius 2 is 1.88 bits per heavy atom. The van der Waals surface area contributed by atoms with Crippen molar-refractivity contribution in [3.8, 4) is 6.07 Å². The largest absolute Gasteiger partial charge is 0.339 e. The van der Waals surface area contributed by atoms with Crippen LogP contribution < -0.4 is 5.32 Å². The third kappa shape index (κ3) is 4.77. The lowest BCUT2D eigenvalue weighted by Gasteiger charge is -2.21. The summed E-state index contributed by atoms with van der Waals surface area (Å²) in [6.07, 6.45) is 1.80. The summed E-state index contributed by atoms with van der Waals surface area (Å²) < 4.78 is 0. The number of nitrogens with zero attached hydrogens (tertiary/aromatic N) is 4. The van der Waals surface area contributed by atoms with Crippen molar-refractivity contribution in [1.29, 1.82) is 5.26 Å². The van der Waals surface area contributed by atoms with Gasteiger partial charge >= 0.3 is 0 Å². The molecule has 1 aromatic carbocycles. The Morgan fingerprint density at radius 1 is 1.20 bits per heavy atom. The van der Waals surface area contributed by atoms with Gasteiger partial charge in [0, 0.05) is 19.2 Å². The number of para-hydroxylation sites is 1. The molecule has 0 saturated heterocycles. The Balaban J connectivity index is 2.31. The van der Waals surface area contributed by atoms with Gasteiger partial charge in [0.15, 0.2) is 0 Å². The van der Waals surface area contributed by atoms with Gasteiger partial charge in [-0.05, 0) is 31.9 Å². The maximum absolute atomic E-state index is 12.8. The Kier molecular flexibility index (Phi) is 6.47. The van der Waals surface area contributed by atoms with Crippen LogP contribution in [0.1, 0.15) is 48.6 Å². The fourth-order valence-electron chi connectivity index (χ4n) is 2.59. The van der Waals surface area contributed by atoms with Crippen LogP contribution in [0, 0.1) is 18.3 Å². The van der Waals surface area contributed by atoms with E-state index in [0.29, 0.717) is 41.7 Å². The quantitative estimate of drug-likeness (QED) is 0.833. The average Bonchev–Trinajstić information content (AvgIpc) is 2.61. The average molecular weight is 337 g/mol. The number of aromatic nitrogens is 2. The molecule has 0 atom stereocenters. The second kappa shape index (κ2) is 8.78. The first-order valence-electron chi connectivity index (χ1n) is 8.50. The van der Waals surface area contributed by atoms with Crippen molar-refractivity contribution in [2.75, 3.05) is 18.4 Å². The number of nitriles is 1. The summed E-state index contributed by atoms with van der Waals surface area (Å²) in [5.41, 5.74) is 1.54. The van der Waals surface area contributed by atoms with Crippen LogP contribution in [0.5, 0.6) is 0 Å². The summed E-state index contributed by atoms with van der Waals surface area (Å²) in [5.74, 6) is 0.924. The van der Waals surface area contributed by atoms with E-state index >= 15 is 0 Å². The smallest absolute Gasteiger partial charge is 0.272 e. The van der Waals surface area contributed by atoms with Crippen molar-refractivity contribution >= 4 is 17.4 Å². The standard InChI is InChI=1S/C19H23N5O/c1-4-10-24(11-5-2)19(25)17-12-18(22-14(3)21-17)23-16-9-7-6-8-15(16)13-20/h6-9,12H,4-5,10-11H2,1-3H3,(H,21,22,23). The fourth-order valence-corrected chi connectivity index (χ4v) is 2.59. The number of aryl methyl sites for hydroxylation is 1. The summed E-state index contributed by atoms with van der Waals surface area (Å²) in [5, 5.41) is 12.3. The van der Waals surface area contributed by atoms with Crippen molar-refractivity contribution in [2.45, 2.75) is 33.6 Å². The molecule has 0 aliphatic rings. The van der Waals surface area contributed by atoms with Crippen LogP contribution >= 0.6 is 0 Å². The number of anilines is 2. The minimum Gasteiger partial charge on any atom is -0.339 e. The molecule has 1 N–H and O–H groups in total. The van der Waals surface area contributed by atoms with Gasteiger partial charge in [0.25, 0.3) is 5.91 Å². The van der Waals surface area contributed by atoms with Crippen molar-refractivity contribution in [1.82, 2.24) is 14.9 Å². The minimum absolute atomic E-state index is 0.0918. The second-order valence-corrected chi connectivity index (χ2v) is 5.76. The van der Waals surface area contributed by atoms with E-state index in [9.17, 15) is 10.1 Å². The monoisotopic (exact) mass is 337 g/mol. The summed E-state index contributed by atoms with van der Waals surface area (Å²) in [7, 11) is 0. The summed E-state index contributed by atoms with van der Waals surface area (Å²) in [4.78, 5) is 23.2. The molecule has 0 saturated carbocycles. The number of carbonyl (C=O) groups is 1. The van der Waals surface area contributed by atoms with E-state index in [1.165, 1.54) is 0 Å². The van der Waals surface area contributed by atoms with Gasteiger partial charge in [-0.1, -0.05) is 26.0 Å². The highest BCUT2D eigenvalue weighted by Crippen LogP contribution is 2.20. The lowest BCUT2D eigenvalue weighted by atomic mass is 10.2. The number of carbonyl (C=O) groups excluding carboxylic acids is 1. The van der Waals surface area contributed by atoms with E-state index in [1.54, 1.807) is 31.2 Å². The van der Waals surface area contributed by atoms with Gasteiger partial charge in [-0.3, -0.25) is 4.79 Å². The summed E-state index contributed by atoms with van der Waals surface area (Å²) in [6, 6.07) is 11.0. The van der Waals surface area contributed by atoms with Gasteiger partial charge in [0.2, 0.25) is 0 Å². The van der Waals surface area contributed by atoms with Gasteiger partial charge < -0.3 is 10.2 Å². The number of benzene rings is 1. The number of nitrogens with one attached hydrogen (secondary N) is 1. The normalized spacial score (nSPS) is 10.2. The Bertz CT molecular complexity index is 776. The highest BCUT2D eigenvalue weighted by molar-refractivity contribution is 5.93. The Hall–Kier alpha value is -2.94. The van der Waals surface area contributed by atoms with E-state index in [2.05, 4.69) is 21.4 Å². The molecule has 6 heteroatoms. The SMILES string of the molecule is CCCN(CCC)C(=O)c1cc(Nc2ccccc2C#N)nc(C)n1. The van der Waals surface area contributed by atoms with Crippen LogP contribution in [0.25, 0.3) is 0 Å². The van der Waals surface area contributed by atoms with Crippen LogP contribution in [0.3, 0.4) is 0 Å². The van der Waals surface area contributed by atoms with Crippen LogP contribution in [0.2, 0.25) is 0 Å². The van der Waals surface area contributed by atoms with Crippen LogP contribution in [-0.2, 0) is 0 Å². The fraction of sp³-hybridized carbons (Fsp3) is 0.368. The molecule has 130 valence electrons. The highest BCUT2D eigenvalue weighted by atomic mass is 16.2. The van der Waals surface area contributed by atoms with Crippen molar-refractivity contribution in [3.05, 3.63) is 47.4 Å². The van der Waals surface area contributed by atoms with Gasteiger partial charge in [-0.2, -0.15) is 5.26 Å². The molecular weight excluding hydrogens is 314 g/mol. The molecular formula is C19H23N5O. The van der Waals surface area contributed by atoms with Crippen molar-refractivity contribution in [2.24, 2.45) is 0 Å². The first-order valence-corrected chi connectivity index (χ1v) is 8.50. The molecule has 0 radical (unpaired) electrons. The second-order valence-electron chi connectivity index (χ2n) is 5.76. The third-order valence-corrected chi connectivity index (χ3v) is 3.64. The highest BCUT2D eigenvalue weighted by Gasteiger charge is 2.17. The zero-order chi connectivity index (χ0) is 18.2. The van der Waals surface area contributed by atoms with Crippen LogP contribution in [-0.4, -0.2) is 33.9 Å². The predicted octanol–water partition coefficient (Wildman–Crippen LogP) is 3.66. The van der Waals surface area contributed by atoms with E-state index in [4.69, 9.17) is 0 Å². The maximum atomic E-state index is 12.8. The molecule has 6 nitrogen and oxygen atoms in total. The molecule has 1 heterocycles. The van der Waals surface area contributed by atoms with Crippen molar-refractivity contribution < 1.29 is 4.79 Å². The Labute approximate surface area is 148 Å². The third-order valence-electron chi connectivity index (χ3n) is 3.64. The van der Waals surface area contributed by atoms with E-state index < -0.39 is 0 Å². The van der Waals surface area contributed by atoms with Gasteiger partial charge in [0.1, 0.15) is 23.4 Å². The first-order chi connectivity index (χ1) is 12.1. The zero-order valence-corrected chi connectivity index (χ0v) is 14.9. The van der Waals surface area contributed by atoms with Gasteiger partial charge in [-0.25, -0.2) is 9.97 Å². The van der Waals surface area contributed by atoms with E-state index in [0.717, 1.165) is 12.8 Å². The molecule has 1 amide bonds. The Morgan fingerprint density at radius 3 is 2.52 bits per heavy atom. The van der Waals surface area contributed by atoms with Crippen molar-refractivity contribution in [3.63, 3.8) is 0 Å². The lowest BCUT2D eigenvalue weighted by molar-refractivity contribution is 0.0749. The molecule has 0 unspecified atom stereocenters. The van der Waals surface area contributed by atoms with E-state index in [-0.39, 0.29) is 5.91 Å². The van der Waals surface area contributed by atoms with Gasteiger partial charge in [0.05, 0.1) is 11.3 Å². The molecule has 0 aliphatic heterocycles. The predicted molar refractivity (Wildman–Crippen MR) is 97.7 cm³/mol. The molecule has 2 aromatic rings. The molecule has 0 fully saturated rings. The van der Waals surface area contributed by atoms with E-state index in [1.807, 2.05) is 24.8 Å². The number of amides is 1. The molecule has 0 spiro atoms. The number of rotatable bonds is 7. The molecule has 0 bridgehead atoms. The maximum Gasteiger partial charge on any atom is 0.272 e. The molecule has 2 rings (SSSR count). The summed E-state index contributed by atoms with van der Waals surface area (Å²) in [6.45, 7) is 7.26. The zero-order valence-electron chi connectivity index (χ0n) is 14.9. The first kappa shape index (κ1) is 18.4. The molecule has 0 aliphatic carbocycles. The lowest BCUT2D eigenvalue weighted by Crippen LogP contribution is -2.33. The summed E-state index contributed by atoms with van der Waals surface area (Å²) >= 11 is 0. The van der Waals surface area contributed by atoms with Crippen LogP contribution in [0.4, 0.5) is 11.5 Å². The minimum atomic E-state index is -0.0918.